The molecule has 0 bridgehead atoms. The van der Waals surface area contributed by atoms with E-state index in [0.29, 0.717) is 5.95 Å². The van der Waals surface area contributed by atoms with Gasteiger partial charge in [0.05, 0.1) is 23.6 Å². The summed E-state index contributed by atoms with van der Waals surface area (Å²) in [6.07, 6.45) is 6.24. The number of nitrogens with one attached hydrogen (secondary N) is 1. The Balaban J connectivity index is 1.67. The van der Waals surface area contributed by atoms with Crippen molar-refractivity contribution in [3.8, 4) is 17.2 Å². The number of phenolic OH excluding ortho intramolecular Hbond substituents is 3. The number of phenols is 3. The number of ketones is 1. The predicted molar refractivity (Wildman–Crippen MR) is 111 cm³/mol. The summed E-state index contributed by atoms with van der Waals surface area (Å²) in [4.78, 5) is 22.5. The van der Waals surface area contributed by atoms with Gasteiger partial charge in [-0.25, -0.2) is 9.97 Å². The van der Waals surface area contributed by atoms with Crippen molar-refractivity contribution in [3.63, 3.8) is 0 Å². The second-order valence-corrected chi connectivity index (χ2v) is 6.44. The van der Waals surface area contributed by atoms with E-state index in [9.17, 15) is 20.1 Å². The van der Waals surface area contributed by atoms with Crippen LogP contribution in [0.15, 0.2) is 54.9 Å². The maximum Gasteiger partial charge on any atom is 0.224 e. The lowest BCUT2D eigenvalue weighted by atomic mass is 10.1. The topological polar surface area (TPSA) is 119 Å². The van der Waals surface area contributed by atoms with Crippen molar-refractivity contribution >= 4 is 29.2 Å². The monoisotopic (exact) mass is 392 g/mol. The lowest BCUT2D eigenvalue weighted by molar-refractivity contribution is 0.104. The standard InChI is InChI=1S/C21H20N4O4/c1-25(2)21-22-11-15(12-23-21)24-14-6-3-13(4-7-14)5-9-17(26)16-8-10-18(27)20(29)19(16)28/h3-12,24,27-29H,1-2H3. The summed E-state index contributed by atoms with van der Waals surface area (Å²) in [6.45, 7) is 0. The normalized spacial score (nSPS) is 10.8. The number of aromatic nitrogens is 2. The molecule has 3 aromatic rings. The van der Waals surface area contributed by atoms with Crippen LogP contribution in [0.2, 0.25) is 0 Å². The molecule has 0 fully saturated rings. The first-order valence-electron chi connectivity index (χ1n) is 8.68. The van der Waals surface area contributed by atoms with E-state index in [1.165, 1.54) is 12.1 Å². The molecule has 0 aliphatic rings. The highest BCUT2D eigenvalue weighted by molar-refractivity contribution is 6.09. The van der Waals surface area contributed by atoms with Crippen LogP contribution in [0.25, 0.3) is 6.08 Å². The molecule has 0 amide bonds. The van der Waals surface area contributed by atoms with Gasteiger partial charge in [-0.2, -0.15) is 0 Å². The highest BCUT2D eigenvalue weighted by atomic mass is 16.3. The Morgan fingerprint density at radius 1 is 0.931 bits per heavy atom. The number of hydrogen-bond acceptors (Lipinski definition) is 8. The van der Waals surface area contributed by atoms with Gasteiger partial charge < -0.3 is 25.5 Å². The zero-order valence-electron chi connectivity index (χ0n) is 15.9. The Hall–Kier alpha value is -4.07. The van der Waals surface area contributed by atoms with Gasteiger partial charge in [0.1, 0.15) is 0 Å². The van der Waals surface area contributed by atoms with Crippen molar-refractivity contribution in [2.45, 2.75) is 0 Å². The highest BCUT2D eigenvalue weighted by Gasteiger charge is 2.15. The minimum atomic E-state index is -0.720. The largest absolute Gasteiger partial charge is 0.504 e. The quantitative estimate of drug-likeness (QED) is 0.287. The molecule has 29 heavy (non-hydrogen) atoms. The molecule has 0 saturated heterocycles. The van der Waals surface area contributed by atoms with E-state index in [1.807, 2.05) is 43.3 Å². The maximum atomic E-state index is 12.2. The molecule has 8 heteroatoms. The predicted octanol–water partition coefficient (Wildman–Crippen LogP) is 3.30. The van der Waals surface area contributed by atoms with Crippen LogP contribution < -0.4 is 10.2 Å². The Morgan fingerprint density at radius 3 is 2.21 bits per heavy atom. The van der Waals surface area contributed by atoms with Gasteiger partial charge in [-0.1, -0.05) is 18.2 Å². The number of carbonyl (C=O) groups excluding carboxylic acids is 1. The Labute approximate surface area is 167 Å². The van der Waals surface area contributed by atoms with Gasteiger partial charge in [-0.05, 0) is 35.9 Å². The van der Waals surface area contributed by atoms with Gasteiger partial charge in [0.25, 0.3) is 0 Å². The zero-order valence-corrected chi connectivity index (χ0v) is 15.9. The first-order chi connectivity index (χ1) is 13.8. The van der Waals surface area contributed by atoms with Crippen LogP contribution in [0, 0.1) is 0 Å². The fraction of sp³-hybridized carbons (Fsp3) is 0.0952. The van der Waals surface area contributed by atoms with E-state index in [1.54, 1.807) is 18.5 Å². The highest BCUT2D eigenvalue weighted by Crippen LogP contribution is 2.37. The van der Waals surface area contributed by atoms with Crippen LogP contribution >= 0.6 is 0 Å². The van der Waals surface area contributed by atoms with Crippen LogP contribution in [-0.2, 0) is 0 Å². The summed E-state index contributed by atoms with van der Waals surface area (Å²) in [6, 6.07) is 9.70. The van der Waals surface area contributed by atoms with E-state index in [-0.39, 0.29) is 5.56 Å². The second-order valence-electron chi connectivity index (χ2n) is 6.44. The number of nitrogens with zero attached hydrogens (tertiary/aromatic N) is 3. The summed E-state index contributed by atoms with van der Waals surface area (Å²) in [5.74, 6) is -1.75. The minimum absolute atomic E-state index is 0.101. The molecule has 3 rings (SSSR count). The number of allylic oxidation sites excluding steroid dienone is 1. The second kappa shape index (κ2) is 8.30. The molecule has 4 N–H and O–H groups in total. The number of aromatic hydroxyl groups is 3. The lowest BCUT2D eigenvalue weighted by Crippen LogP contribution is -2.12. The summed E-state index contributed by atoms with van der Waals surface area (Å²) in [5.41, 5.74) is 2.24. The third kappa shape index (κ3) is 4.62. The maximum absolute atomic E-state index is 12.2. The summed E-state index contributed by atoms with van der Waals surface area (Å²) < 4.78 is 0. The van der Waals surface area contributed by atoms with Crippen LogP contribution in [0.4, 0.5) is 17.3 Å². The van der Waals surface area contributed by atoms with Crippen molar-refractivity contribution in [2.75, 3.05) is 24.3 Å². The lowest BCUT2D eigenvalue weighted by Gasteiger charge is -2.11. The van der Waals surface area contributed by atoms with Gasteiger partial charge in [-0.15, -0.1) is 0 Å². The van der Waals surface area contributed by atoms with Crippen LogP contribution in [0.3, 0.4) is 0 Å². The summed E-state index contributed by atoms with van der Waals surface area (Å²) >= 11 is 0. The van der Waals surface area contributed by atoms with E-state index in [2.05, 4.69) is 15.3 Å². The van der Waals surface area contributed by atoms with Gasteiger partial charge in [0.2, 0.25) is 11.7 Å². The van der Waals surface area contributed by atoms with Crippen LogP contribution in [-0.4, -0.2) is 45.2 Å². The Kier molecular flexibility index (Phi) is 5.64. The average Bonchev–Trinajstić information content (AvgIpc) is 2.72. The van der Waals surface area contributed by atoms with Crippen molar-refractivity contribution in [1.29, 1.82) is 0 Å². The smallest absolute Gasteiger partial charge is 0.224 e. The molecule has 0 aliphatic carbocycles. The van der Waals surface area contributed by atoms with E-state index in [0.717, 1.165) is 23.0 Å². The molecule has 148 valence electrons. The van der Waals surface area contributed by atoms with E-state index >= 15 is 0 Å². The molecule has 0 saturated carbocycles. The first-order valence-corrected chi connectivity index (χ1v) is 8.68. The number of rotatable bonds is 6. The van der Waals surface area contributed by atoms with Crippen molar-refractivity contribution in [2.24, 2.45) is 0 Å². The fourth-order valence-electron chi connectivity index (χ4n) is 2.49. The van der Waals surface area contributed by atoms with E-state index < -0.39 is 23.0 Å². The van der Waals surface area contributed by atoms with Crippen molar-refractivity contribution in [1.82, 2.24) is 9.97 Å². The van der Waals surface area contributed by atoms with Gasteiger partial charge in [-0.3, -0.25) is 4.79 Å². The molecule has 0 atom stereocenters. The average molecular weight is 392 g/mol. The molecule has 0 radical (unpaired) electrons. The molecule has 8 nitrogen and oxygen atoms in total. The Morgan fingerprint density at radius 2 is 1.59 bits per heavy atom. The minimum Gasteiger partial charge on any atom is -0.504 e. The Bertz CT molecular complexity index is 1050. The number of anilines is 3. The van der Waals surface area contributed by atoms with Crippen LogP contribution in [0.5, 0.6) is 17.2 Å². The van der Waals surface area contributed by atoms with Crippen molar-refractivity contribution < 1.29 is 20.1 Å². The van der Waals surface area contributed by atoms with Crippen LogP contribution in [0.1, 0.15) is 15.9 Å². The third-order valence-electron chi connectivity index (χ3n) is 4.06. The van der Waals surface area contributed by atoms with Gasteiger partial charge >= 0.3 is 0 Å². The zero-order chi connectivity index (χ0) is 21.0. The first kappa shape index (κ1) is 19.7. The molecule has 1 aromatic heterocycles. The van der Waals surface area contributed by atoms with Gasteiger partial charge in [0.15, 0.2) is 17.3 Å². The molecule has 0 unspecified atom stereocenters. The number of carbonyl (C=O) groups is 1. The molecule has 0 spiro atoms. The SMILES string of the molecule is CN(C)c1ncc(Nc2ccc(C=CC(=O)c3ccc(O)c(O)c3O)cc2)cn1. The molecular formula is C21H20N4O4. The van der Waals surface area contributed by atoms with Crippen molar-refractivity contribution in [3.05, 3.63) is 66.0 Å². The number of benzene rings is 2. The van der Waals surface area contributed by atoms with Gasteiger partial charge in [0, 0.05) is 19.8 Å². The van der Waals surface area contributed by atoms with E-state index in [4.69, 9.17) is 0 Å². The summed E-state index contributed by atoms with van der Waals surface area (Å²) in [5, 5.41) is 31.8. The fourth-order valence-corrected chi connectivity index (χ4v) is 2.49. The molecule has 2 aromatic carbocycles. The molecule has 0 aliphatic heterocycles. The molecular weight excluding hydrogens is 372 g/mol. The summed E-state index contributed by atoms with van der Waals surface area (Å²) in [7, 11) is 3.73. The third-order valence-corrected chi connectivity index (χ3v) is 4.06. The number of hydrogen-bond donors (Lipinski definition) is 4. The molecule has 1 heterocycles.